The molecule has 2 fully saturated rings. The van der Waals surface area contributed by atoms with Crippen LogP contribution in [0, 0.1) is 0 Å². The second kappa shape index (κ2) is 8.58. The molecule has 0 spiro atoms. The van der Waals surface area contributed by atoms with Gasteiger partial charge < -0.3 is 15.0 Å². The number of hydrogen-bond donors (Lipinski definition) is 1. The summed E-state index contributed by atoms with van der Waals surface area (Å²) in [6.45, 7) is 4.53. The Morgan fingerprint density at radius 3 is 3.00 bits per heavy atom. The molecule has 2 heterocycles. The molecule has 2 atom stereocenters. The minimum Gasteiger partial charge on any atom is -0.373 e. The van der Waals surface area contributed by atoms with Gasteiger partial charge in [0, 0.05) is 39.8 Å². The SMILES string of the molecule is CN=C(NCC1CN2CCCC2CO1)N(C)Cc1ccc(Cl)c(Cl)c1. The van der Waals surface area contributed by atoms with Crippen LogP contribution in [0.25, 0.3) is 0 Å². The maximum atomic E-state index is 6.10. The van der Waals surface area contributed by atoms with Crippen LogP contribution in [0.4, 0.5) is 0 Å². The van der Waals surface area contributed by atoms with Crippen molar-refractivity contribution in [3.8, 4) is 0 Å². The Labute approximate surface area is 159 Å². The number of ether oxygens (including phenoxy) is 1. The maximum absolute atomic E-state index is 6.10. The highest BCUT2D eigenvalue weighted by Gasteiger charge is 2.32. The van der Waals surface area contributed by atoms with Crippen LogP contribution >= 0.6 is 23.2 Å². The second-order valence-corrected chi connectivity index (χ2v) is 7.59. The summed E-state index contributed by atoms with van der Waals surface area (Å²) in [6, 6.07) is 6.33. The maximum Gasteiger partial charge on any atom is 0.193 e. The van der Waals surface area contributed by atoms with Crippen molar-refractivity contribution >= 4 is 29.2 Å². The number of fused-ring (bicyclic) bond motifs is 1. The number of nitrogens with zero attached hydrogens (tertiary/aromatic N) is 3. The zero-order valence-corrected chi connectivity index (χ0v) is 16.4. The first-order valence-corrected chi connectivity index (χ1v) is 9.53. The summed E-state index contributed by atoms with van der Waals surface area (Å²) in [7, 11) is 3.81. The summed E-state index contributed by atoms with van der Waals surface area (Å²) in [4.78, 5) is 9.00. The van der Waals surface area contributed by atoms with Crippen molar-refractivity contribution in [2.45, 2.75) is 31.5 Å². The summed E-state index contributed by atoms with van der Waals surface area (Å²) in [5.74, 6) is 0.846. The van der Waals surface area contributed by atoms with Crippen LogP contribution in [-0.2, 0) is 11.3 Å². The van der Waals surface area contributed by atoms with Crippen molar-refractivity contribution in [1.29, 1.82) is 0 Å². The van der Waals surface area contributed by atoms with E-state index in [-0.39, 0.29) is 6.10 Å². The molecule has 2 saturated heterocycles. The predicted octanol–water partition coefficient (Wildman–Crippen LogP) is 2.86. The number of benzene rings is 1. The van der Waals surface area contributed by atoms with E-state index >= 15 is 0 Å². The zero-order valence-electron chi connectivity index (χ0n) is 14.8. The Balaban J connectivity index is 1.50. The first kappa shape index (κ1) is 18.8. The van der Waals surface area contributed by atoms with E-state index < -0.39 is 0 Å². The van der Waals surface area contributed by atoms with Crippen LogP contribution in [0.3, 0.4) is 0 Å². The van der Waals surface area contributed by atoms with Gasteiger partial charge in [-0.1, -0.05) is 29.3 Å². The third-order valence-corrected chi connectivity index (χ3v) is 5.67. The van der Waals surface area contributed by atoms with Crippen molar-refractivity contribution < 1.29 is 4.74 Å². The zero-order chi connectivity index (χ0) is 17.8. The van der Waals surface area contributed by atoms with Gasteiger partial charge in [0.25, 0.3) is 0 Å². The Morgan fingerprint density at radius 1 is 1.40 bits per heavy atom. The molecule has 0 aliphatic carbocycles. The Kier molecular flexibility index (Phi) is 6.44. The van der Waals surface area contributed by atoms with Crippen LogP contribution in [0.2, 0.25) is 10.0 Å². The number of rotatable bonds is 4. The van der Waals surface area contributed by atoms with Gasteiger partial charge in [-0.2, -0.15) is 0 Å². The number of guanidine groups is 1. The molecule has 5 nitrogen and oxygen atoms in total. The number of morpholine rings is 1. The molecule has 0 bridgehead atoms. The van der Waals surface area contributed by atoms with E-state index in [1.54, 1.807) is 7.05 Å². The monoisotopic (exact) mass is 384 g/mol. The van der Waals surface area contributed by atoms with Gasteiger partial charge in [-0.25, -0.2) is 0 Å². The smallest absolute Gasteiger partial charge is 0.193 e. The minimum absolute atomic E-state index is 0.212. The molecule has 0 amide bonds. The molecule has 3 rings (SSSR count). The van der Waals surface area contributed by atoms with Gasteiger partial charge in [0.15, 0.2) is 5.96 Å². The Bertz CT molecular complexity index is 625. The highest BCUT2D eigenvalue weighted by molar-refractivity contribution is 6.42. The van der Waals surface area contributed by atoms with Crippen LogP contribution in [0.5, 0.6) is 0 Å². The fourth-order valence-electron chi connectivity index (χ4n) is 3.59. The lowest BCUT2D eigenvalue weighted by atomic mass is 10.2. The summed E-state index contributed by atoms with van der Waals surface area (Å²) < 4.78 is 6.00. The van der Waals surface area contributed by atoms with E-state index in [0.29, 0.717) is 22.6 Å². The molecule has 2 aliphatic rings. The van der Waals surface area contributed by atoms with Crippen molar-refractivity contribution in [1.82, 2.24) is 15.1 Å². The molecule has 7 heteroatoms. The van der Waals surface area contributed by atoms with Gasteiger partial charge in [-0.3, -0.25) is 9.89 Å². The highest BCUT2D eigenvalue weighted by atomic mass is 35.5. The Hall–Kier alpha value is -1.01. The van der Waals surface area contributed by atoms with Crippen LogP contribution in [0.15, 0.2) is 23.2 Å². The van der Waals surface area contributed by atoms with Crippen molar-refractivity contribution in [2.75, 3.05) is 40.3 Å². The lowest BCUT2D eigenvalue weighted by molar-refractivity contribution is -0.0454. The predicted molar refractivity (Wildman–Crippen MR) is 104 cm³/mol. The molecule has 0 radical (unpaired) electrons. The van der Waals surface area contributed by atoms with Gasteiger partial charge in [0.05, 0.1) is 22.8 Å². The largest absolute Gasteiger partial charge is 0.373 e. The molecule has 1 N–H and O–H groups in total. The molecular weight excluding hydrogens is 359 g/mol. The van der Waals surface area contributed by atoms with Gasteiger partial charge in [-0.05, 0) is 37.1 Å². The van der Waals surface area contributed by atoms with Crippen LogP contribution in [-0.4, -0.2) is 68.2 Å². The van der Waals surface area contributed by atoms with E-state index in [9.17, 15) is 0 Å². The van der Waals surface area contributed by atoms with Gasteiger partial charge >= 0.3 is 0 Å². The molecule has 1 aromatic carbocycles. The van der Waals surface area contributed by atoms with Gasteiger partial charge in [-0.15, -0.1) is 0 Å². The summed E-state index contributed by atoms with van der Waals surface area (Å²) in [6.07, 6.45) is 2.78. The van der Waals surface area contributed by atoms with E-state index in [0.717, 1.165) is 31.2 Å². The molecule has 0 saturated carbocycles. The molecule has 25 heavy (non-hydrogen) atoms. The minimum atomic E-state index is 0.212. The quantitative estimate of drug-likeness (QED) is 0.639. The molecular formula is C18H26Cl2N4O. The summed E-state index contributed by atoms with van der Waals surface area (Å²) in [5, 5.41) is 4.58. The molecule has 2 unspecified atom stereocenters. The van der Waals surface area contributed by atoms with Crippen LogP contribution in [0.1, 0.15) is 18.4 Å². The normalized spacial score (nSPS) is 24.2. The standard InChI is InChI=1S/C18H26Cl2N4O/c1-21-18(23(2)10-13-5-6-16(19)17(20)8-13)22-9-15-11-24-7-3-4-14(24)12-25-15/h5-6,8,14-15H,3-4,7,9-12H2,1-2H3,(H,21,22). The van der Waals surface area contributed by atoms with E-state index in [2.05, 4.69) is 20.1 Å². The van der Waals surface area contributed by atoms with Gasteiger partial charge in [0.1, 0.15) is 0 Å². The lowest BCUT2D eigenvalue weighted by Gasteiger charge is -2.35. The fraction of sp³-hybridized carbons (Fsp3) is 0.611. The summed E-state index contributed by atoms with van der Waals surface area (Å²) >= 11 is 12.1. The molecule has 1 aromatic rings. The number of aliphatic imine (C=N–C) groups is 1. The number of hydrogen-bond acceptors (Lipinski definition) is 3. The van der Waals surface area contributed by atoms with Crippen molar-refractivity contribution in [3.05, 3.63) is 33.8 Å². The van der Waals surface area contributed by atoms with Crippen molar-refractivity contribution in [3.63, 3.8) is 0 Å². The molecule has 138 valence electrons. The van der Waals surface area contributed by atoms with E-state index in [1.165, 1.54) is 19.4 Å². The average molecular weight is 385 g/mol. The molecule has 2 aliphatic heterocycles. The highest BCUT2D eigenvalue weighted by Crippen LogP contribution is 2.23. The number of halogens is 2. The number of nitrogens with one attached hydrogen (secondary N) is 1. The molecule has 0 aromatic heterocycles. The fourth-order valence-corrected chi connectivity index (χ4v) is 3.91. The third-order valence-electron chi connectivity index (χ3n) is 4.93. The van der Waals surface area contributed by atoms with Crippen molar-refractivity contribution in [2.24, 2.45) is 4.99 Å². The Morgan fingerprint density at radius 2 is 2.24 bits per heavy atom. The van der Waals surface area contributed by atoms with Crippen LogP contribution < -0.4 is 5.32 Å². The first-order valence-electron chi connectivity index (χ1n) is 8.78. The topological polar surface area (TPSA) is 40.1 Å². The first-order chi connectivity index (χ1) is 12.1. The lowest BCUT2D eigenvalue weighted by Crippen LogP contribution is -2.51. The van der Waals surface area contributed by atoms with Gasteiger partial charge in [0.2, 0.25) is 0 Å². The second-order valence-electron chi connectivity index (χ2n) is 6.78. The van der Waals surface area contributed by atoms with E-state index in [1.807, 2.05) is 25.2 Å². The average Bonchev–Trinajstić information content (AvgIpc) is 3.06. The third kappa shape index (κ3) is 4.79. The summed E-state index contributed by atoms with van der Waals surface area (Å²) in [5.41, 5.74) is 1.09. The van der Waals surface area contributed by atoms with E-state index in [4.69, 9.17) is 27.9 Å².